The van der Waals surface area contributed by atoms with Crippen LogP contribution in [-0.2, 0) is 30.3 Å². The number of ether oxygens (including phenoxy) is 4. The maximum Gasteiger partial charge on any atom is 0.256 e. The third kappa shape index (κ3) is 4.04. The summed E-state index contributed by atoms with van der Waals surface area (Å²) in [6, 6.07) is 19.1. The lowest BCUT2D eigenvalue weighted by molar-refractivity contribution is -0.217. The molecule has 0 bridgehead atoms. The SMILES string of the molecule is CC1(C)O[C@H]2O[C@H](C(=O)Nc3ccccc3)[C@H](OCc3ccccc3)[C@H]2O1. The van der Waals surface area contributed by atoms with E-state index in [0.29, 0.717) is 12.3 Å². The zero-order chi connectivity index (χ0) is 18.9. The number of rotatable bonds is 5. The topological polar surface area (TPSA) is 66.0 Å². The Bertz CT molecular complexity index is 780. The number of benzene rings is 2. The first-order valence-electron chi connectivity index (χ1n) is 9.04. The molecule has 1 N–H and O–H groups in total. The molecule has 2 saturated heterocycles. The van der Waals surface area contributed by atoms with E-state index in [9.17, 15) is 4.79 Å². The van der Waals surface area contributed by atoms with Gasteiger partial charge in [0.05, 0.1) is 6.61 Å². The van der Waals surface area contributed by atoms with Gasteiger partial charge in [-0.2, -0.15) is 0 Å². The van der Waals surface area contributed by atoms with Gasteiger partial charge in [0.15, 0.2) is 18.2 Å². The Morgan fingerprint density at radius 3 is 2.41 bits per heavy atom. The highest BCUT2D eigenvalue weighted by Gasteiger charge is 2.57. The number of hydrogen-bond acceptors (Lipinski definition) is 5. The summed E-state index contributed by atoms with van der Waals surface area (Å²) in [6.45, 7) is 4.00. The molecule has 2 fully saturated rings. The van der Waals surface area contributed by atoms with Crippen LogP contribution in [0.3, 0.4) is 0 Å². The van der Waals surface area contributed by atoms with Crippen LogP contribution in [0.4, 0.5) is 5.69 Å². The second kappa shape index (κ2) is 7.40. The Kier molecular flexibility index (Phi) is 4.97. The number of anilines is 1. The van der Waals surface area contributed by atoms with Crippen molar-refractivity contribution in [3.63, 3.8) is 0 Å². The average Bonchev–Trinajstić information content (AvgIpc) is 3.13. The van der Waals surface area contributed by atoms with Crippen molar-refractivity contribution >= 4 is 11.6 Å². The largest absolute Gasteiger partial charge is 0.367 e. The monoisotopic (exact) mass is 369 g/mol. The molecule has 2 aliphatic heterocycles. The van der Waals surface area contributed by atoms with Crippen molar-refractivity contribution in [3.8, 4) is 0 Å². The summed E-state index contributed by atoms with van der Waals surface area (Å²) in [7, 11) is 0. The molecule has 0 aromatic heterocycles. The van der Waals surface area contributed by atoms with Crippen molar-refractivity contribution in [1.82, 2.24) is 0 Å². The van der Waals surface area contributed by atoms with E-state index in [1.165, 1.54) is 0 Å². The van der Waals surface area contributed by atoms with Crippen LogP contribution in [0.1, 0.15) is 19.4 Å². The van der Waals surface area contributed by atoms with Gasteiger partial charge in [-0.1, -0.05) is 48.5 Å². The first kappa shape index (κ1) is 18.1. The highest BCUT2D eigenvalue weighted by Crippen LogP contribution is 2.39. The second-order valence-corrected chi connectivity index (χ2v) is 7.14. The van der Waals surface area contributed by atoms with E-state index in [1.54, 1.807) is 0 Å². The lowest BCUT2D eigenvalue weighted by atomic mass is 10.1. The zero-order valence-electron chi connectivity index (χ0n) is 15.3. The van der Waals surface area contributed by atoms with Gasteiger partial charge in [-0.25, -0.2) is 0 Å². The molecule has 0 aliphatic carbocycles. The minimum absolute atomic E-state index is 0.279. The van der Waals surface area contributed by atoms with Gasteiger partial charge < -0.3 is 24.3 Å². The maximum absolute atomic E-state index is 12.8. The second-order valence-electron chi connectivity index (χ2n) is 7.14. The van der Waals surface area contributed by atoms with Crippen molar-refractivity contribution in [2.75, 3.05) is 5.32 Å². The summed E-state index contributed by atoms with van der Waals surface area (Å²) in [5.41, 5.74) is 1.72. The van der Waals surface area contributed by atoms with Crippen LogP contribution in [0.5, 0.6) is 0 Å². The van der Waals surface area contributed by atoms with Gasteiger partial charge >= 0.3 is 0 Å². The molecule has 1 amide bonds. The summed E-state index contributed by atoms with van der Waals surface area (Å²) in [6.07, 6.45) is -2.48. The van der Waals surface area contributed by atoms with E-state index < -0.39 is 30.4 Å². The molecule has 2 aromatic rings. The molecule has 142 valence electrons. The molecular formula is C21H23NO5. The molecule has 0 unspecified atom stereocenters. The summed E-state index contributed by atoms with van der Waals surface area (Å²) in [5.74, 6) is -1.05. The predicted octanol–water partition coefficient (Wildman–Crippen LogP) is 3.09. The van der Waals surface area contributed by atoms with Crippen molar-refractivity contribution in [1.29, 1.82) is 0 Å². The standard InChI is InChI=1S/C21H23NO5/c1-21(2)26-18-16(24-13-14-9-5-3-6-10-14)17(25-20(18)27-21)19(23)22-15-11-7-4-8-12-15/h3-12,16-18,20H,13H2,1-2H3,(H,22,23)/t16-,17-,18+,20+/m0/s1. The Labute approximate surface area is 158 Å². The third-order valence-electron chi connectivity index (χ3n) is 4.58. The molecular weight excluding hydrogens is 346 g/mol. The van der Waals surface area contributed by atoms with E-state index in [4.69, 9.17) is 18.9 Å². The number of hydrogen-bond donors (Lipinski definition) is 1. The number of para-hydroxylation sites is 1. The van der Waals surface area contributed by atoms with E-state index in [1.807, 2.05) is 74.5 Å². The fraction of sp³-hybridized carbons (Fsp3) is 0.381. The minimum Gasteiger partial charge on any atom is -0.367 e. The van der Waals surface area contributed by atoms with Crippen molar-refractivity contribution in [2.24, 2.45) is 0 Å². The normalized spacial score (nSPS) is 28.7. The molecule has 27 heavy (non-hydrogen) atoms. The van der Waals surface area contributed by atoms with Crippen molar-refractivity contribution < 1.29 is 23.7 Å². The number of carbonyl (C=O) groups is 1. The molecule has 4 atom stereocenters. The van der Waals surface area contributed by atoms with Gasteiger partial charge in [0.1, 0.15) is 12.2 Å². The van der Waals surface area contributed by atoms with E-state index in [2.05, 4.69) is 5.32 Å². The van der Waals surface area contributed by atoms with E-state index >= 15 is 0 Å². The Hall–Kier alpha value is -2.25. The molecule has 0 radical (unpaired) electrons. The smallest absolute Gasteiger partial charge is 0.256 e. The van der Waals surface area contributed by atoms with E-state index in [0.717, 1.165) is 5.56 Å². The van der Waals surface area contributed by atoms with Crippen LogP contribution < -0.4 is 5.32 Å². The van der Waals surface area contributed by atoms with Crippen LogP contribution >= 0.6 is 0 Å². The Morgan fingerprint density at radius 1 is 1.04 bits per heavy atom. The van der Waals surface area contributed by atoms with Gasteiger partial charge in [0.25, 0.3) is 5.91 Å². The highest BCUT2D eigenvalue weighted by atomic mass is 16.8. The molecule has 2 heterocycles. The Balaban J connectivity index is 1.49. The first-order valence-corrected chi connectivity index (χ1v) is 9.04. The van der Waals surface area contributed by atoms with Crippen LogP contribution in [-0.4, -0.2) is 36.3 Å². The highest BCUT2D eigenvalue weighted by molar-refractivity contribution is 5.94. The third-order valence-corrected chi connectivity index (χ3v) is 4.58. The average molecular weight is 369 g/mol. The van der Waals surface area contributed by atoms with Crippen LogP contribution in [0.15, 0.2) is 60.7 Å². The molecule has 6 heteroatoms. The number of fused-ring (bicyclic) bond motifs is 1. The zero-order valence-corrected chi connectivity index (χ0v) is 15.3. The van der Waals surface area contributed by atoms with Crippen molar-refractivity contribution in [3.05, 3.63) is 66.2 Å². The lowest BCUT2D eigenvalue weighted by Gasteiger charge is -2.25. The quantitative estimate of drug-likeness (QED) is 0.877. The summed E-state index contributed by atoms with van der Waals surface area (Å²) >= 11 is 0. The number of nitrogens with one attached hydrogen (secondary N) is 1. The van der Waals surface area contributed by atoms with Gasteiger partial charge in [0.2, 0.25) is 0 Å². The number of amides is 1. The minimum atomic E-state index is -0.819. The van der Waals surface area contributed by atoms with Crippen LogP contribution in [0.25, 0.3) is 0 Å². The van der Waals surface area contributed by atoms with Gasteiger partial charge in [-0.3, -0.25) is 4.79 Å². The number of carbonyl (C=O) groups excluding carboxylic acids is 1. The molecule has 2 aromatic carbocycles. The van der Waals surface area contributed by atoms with Crippen LogP contribution in [0, 0.1) is 0 Å². The van der Waals surface area contributed by atoms with Gasteiger partial charge in [-0.15, -0.1) is 0 Å². The molecule has 4 rings (SSSR count). The molecule has 0 saturated carbocycles. The lowest BCUT2D eigenvalue weighted by Crippen LogP contribution is -2.43. The van der Waals surface area contributed by atoms with E-state index in [-0.39, 0.29) is 5.91 Å². The van der Waals surface area contributed by atoms with Gasteiger partial charge in [-0.05, 0) is 31.5 Å². The maximum atomic E-state index is 12.8. The van der Waals surface area contributed by atoms with Gasteiger partial charge in [0, 0.05) is 5.69 Å². The molecule has 6 nitrogen and oxygen atoms in total. The summed E-state index contributed by atoms with van der Waals surface area (Å²) < 4.78 is 23.7. The first-order chi connectivity index (χ1) is 13.0. The molecule has 0 spiro atoms. The van der Waals surface area contributed by atoms with Crippen molar-refractivity contribution in [2.45, 2.75) is 50.8 Å². The fourth-order valence-corrected chi connectivity index (χ4v) is 3.37. The molecule has 2 aliphatic rings. The summed E-state index contributed by atoms with van der Waals surface area (Å²) in [4.78, 5) is 12.8. The predicted molar refractivity (Wildman–Crippen MR) is 98.8 cm³/mol. The Morgan fingerprint density at radius 2 is 1.70 bits per heavy atom. The fourth-order valence-electron chi connectivity index (χ4n) is 3.37. The summed E-state index contributed by atoms with van der Waals surface area (Å²) in [5, 5.41) is 2.87. The van der Waals surface area contributed by atoms with Crippen LogP contribution in [0.2, 0.25) is 0 Å².